The summed E-state index contributed by atoms with van der Waals surface area (Å²) in [6.45, 7) is 10.1. The van der Waals surface area contributed by atoms with E-state index in [1.54, 1.807) is 0 Å². The van der Waals surface area contributed by atoms with Gasteiger partial charge in [0.25, 0.3) is 5.56 Å². The summed E-state index contributed by atoms with van der Waals surface area (Å²) in [6, 6.07) is 8.27. The van der Waals surface area contributed by atoms with Crippen LogP contribution in [0.5, 0.6) is 0 Å². The number of hydrogen-bond acceptors (Lipinski definition) is 2. The van der Waals surface area contributed by atoms with Crippen LogP contribution in [0, 0.1) is 6.92 Å². The Morgan fingerprint density at radius 3 is 2.25 bits per heavy atom. The number of benzene rings is 1. The fraction of sp³-hybridized carbons (Fsp3) is 0.412. The maximum atomic E-state index is 12.1. The minimum Gasteiger partial charge on any atom is -0.310 e. The molecule has 2 rings (SSSR count). The number of aryl methyl sites for hydroxylation is 1. The largest absolute Gasteiger partial charge is 0.310 e. The summed E-state index contributed by atoms with van der Waals surface area (Å²) in [6.07, 6.45) is 1.01. The Labute approximate surface area is 120 Å². The van der Waals surface area contributed by atoms with Gasteiger partial charge in [-0.3, -0.25) is 4.79 Å². The first-order valence-corrected chi connectivity index (χ1v) is 7.03. The zero-order valence-electron chi connectivity index (χ0n) is 12.9. The topological polar surface area (TPSA) is 45.8 Å². The quantitative estimate of drug-likeness (QED) is 0.906. The van der Waals surface area contributed by atoms with E-state index in [1.807, 2.05) is 39.8 Å². The molecule has 1 aromatic carbocycles. The van der Waals surface area contributed by atoms with Crippen molar-refractivity contribution >= 4 is 0 Å². The predicted octanol–water partition coefficient (Wildman–Crippen LogP) is 3.61. The van der Waals surface area contributed by atoms with Crippen LogP contribution in [-0.2, 0) is 11.8 Å². The summed E-state index contributed by atoms with van der Waals surface area (Å²) in [5.74, 6) is 0.725. The molecule has 0 saturated heterocycles. The standard InChI is InChI=1S/C17H22N2O/c1-6-12-7-9-13(10-8-12)14-11(2)15(20)19-16(18-14)17(3,4)5/h7-10H,6H2,1-5H3,(H,18,19,20). The molecule has 1 aromatic heterocycles. The molecule has 2 aromatic rings. The van der Waals surface area contributed by atoms with Crippen molar-refractivity contribution < 1.29 is 0 Å². The highest BCUT2D eigenvalue weighted by atomic mass is 16.1. The van der Waals surface area contributed by atoms with Gasteiger partial charge in [-0.2, -0.15) is 0 Å². The second-order valence-corrected chi connectivity index (χ2v) is 6.19. The highest BCUT2D eigenvalue weighted by Gasteiger charge is 2.19. The minimum absolute atomic E-state index is 0.0560. The zero-order chi connectivity index (χ0) is 14.9. The number of aromatic amines is 1. The molecular weight excluding hydrogens is 248 g/mol. The third-order valence-electron chi connectivity index (χ3n) is 3.50. The fourth-order valence-corrected chi connectivity index (χ4v) is 2.07. The van der Waals surface area contributed by atoms with Crippen molar-refractivity contribution in [2.24, 2.45) is 0 Å². The van der Waals surface area contributed by atoms with Crippen molar-refractivity contribution in [1.82, 2.24) is 9.97 Å². The molecule has 0 aliphatic carbocycles. The van der Waals surface area contributed by atoms with E-state index in [0.717, 1.165) is 23.5 Å². The summed E-state index contributed by atoms with van der Waals surface area (Å²) >= 11 is 0. The molecule has 0 spiro atoms. The smallest absolute Gasteiger partial charge is 0.254 e. The van der Waals surface area contributed by atoms with Crippen molar-refractivity contribution in [1.29, 1.82) is 0 Å². The number of hydrogen-bond donors (Lipinski definition) is 1. The van der Waals surface area contributed by atoms with Crippen LogP contribution in [0.2, 0.25) is 0 Å². The van der Waals surface area contributed by atoms with E-state index < -0.39 is 0 Å². The van der Waals surface area contributed by atoms with E-state index in [-0.39, 0.29) is 11.0 Å². The molecule has 106 valence electrons. The van der Waals surface area contributed by atoms with Crippen LogP contribution in [0.3, 0.4) is 0 Å². The molecule has 0 unspecified atom stereocenters. The Kier molecular flexibility index (Phi) is 3.80. The van der Waals surface area contributed by atoms with Crippen LogP contribution in [0.15, 0.2) is 29.1 Å². The number of nitrogens with one attached hydrogen (secondary N) is 1. The molecule has 0 radical (unpaired) electrons. The van der Waals surface area contributed by atoms with Crippen molar-refractivity contribution in [3.63, 3.8) is 0 Å². The second kappa shape index (κ2) is 5.23. The summed E-state index contributed by atoms with van der Waals surface area (Å²) in [5.41, 5.74) is 3.50. The summed E-state index contributed by atoms with van der Waals surface area (Å²) < 4.78 is 0. The number of nitrogens with zero attached hydrogens (tertiary/aromatic N) is 1. The fourth-order valence-electron chi connectivity index (χ4n) is 2.07. The van der Waals surface area contributed by atoms with Gasteiger partial charge >= 0.3 is 0 Å². The number of H-pyrrole nitrogens is 1. The van der Waals surface area contributed by atoms with Gasteiger partial charge in [0.05, 0.1) is 5.69 Å². The first kappa shape index (κ1) is 14.5. The first-order chi connectivity index (χ1) is 9.32. The SMILES string of the molecule is CCc1ccc(-c2nc(C(C)(C)C)[nH]c(=O)c2C)cc1. The summed E-state index contributed by atoms with van der Waals surface area (Å²) in [7, 11) is 0. The van der Waals surface area contributed by atoms with Crippen molar-refractivity contribution in [3.05, 3.63) is 51.6 Å². The lowest BCUT2D eigenvalue weighted by molar-refractivity contribution is 0.542. The molecular formula is C17H22N2O. The molecule has 0 fully saturated rings. The third-order valence-corrected chi connectivity index (χ3v) is 3.50. The van der Waals surface area contributed by atoms with Crippen molar-refractivity contribution in [2.45, 2.75) is 46.5 Å². The normalized spacial score (nSPS) is 11.7. The molecule has 3 nitrogen and oxygen atoms in total. The average Bonchev–Trinajstić information content (AvgIpc) is 2.40. The Morgan fingerprint density at radius 2 is 1.75 bits per heavy atom. The van der Waals surface area contributed by atoms with Gasteiger partial charge in [-0.15, -0.1) is 0 Å². The van der Waals surface area contributed by atoms with Crippen LogP contribution < -0.4 is 5.56 Å². The maximum Gasteiger partial charge on any atom is 0.254 e. The van der Waals surface area contributed by atoms with Gasteiger partial charge in [0.2, 0.25) is 0 Å². The molecule has 0 aliphatic heterocycles. The molecule has 0 aliphatic rings. The van der Waals surface area contributed by atoms with Gasteiger partial charge in [0.1, 0.15) is 5.82 Å². The summed E-state index contributed by atoms with van der Waals surface area (Å²) in [5, 5.41) is 0. The average molecular weight is 270 g/mol. The minimum atomic E-state index is -0.176. The van der Waals surface area contributed by atoms with Gasteiger partial charge in [-0.05, 0) is 18.9 Å². The predicted molar refractivity (Wildman–Crippen MR) is 83.1 cm³/mol. The second-order valence-electron chi connectivity index (χ2n) is 6.19. The molecule has 0 bridgehead atoms. The number of rotatable bonds is 2. The number of aromatic nitrogens is 2. The van der Waals surface area contributed by atoms with E-state index in [4.69, 9.17) is 0 Å². The van der Waals surface area contributed by atoms with E-state index >= 15 is 0 Å². The third kappa shape index (κ3) is 2.82. The Balaban J connectivity index is 2.60. The van der Waals surface area contributed by atoms with Gasteiger partial charge in [0.15, 0.2) is 0 Å². The highest BCUT2D eigenvalue weighted by molar-refractivity contribution is 5.62. The molecule has 1 heterocycles. The molecule has 0 saturated carbocycles. The highest BCUT2D eigenvalue weighted by Crippen LogP contribution is 2.23. The van der Waals surface area contributed by atoms with Gasteiger partial charge in [-0.1, -0.05) is 52.0 Å². The lowest BCUT2D eigenvalue weighted by atomic mass is 9.95. The van der Waals surface area contributed by atoms with Crippen molar-refractivity contribution in [2.75, 3.05) is 0 Å². The maximum absolute atomic E-state index is 12.1. The Morgan fingerprint density at radius 1 is 1.15 bits per heavy atom. The van der Waals surface area contributed by atoms with E-state index in [9.17, 15) is 4.79 Å². The van der Waals surface area contributed by atoms with Gasteiger partial charge < -0.3 is 4.98 Å². The first-order valence-electron chi connectivity index (χ1n) is 7.03. The van der Waals surface area contributed by atoms with Crippen molar-refractivity contribution in [3.8, 4) is 11.3 Å². The molecule has 1 N–H and O–H groups in total. The summed E-state index contributed by atoms with van der Waals surface area (Å²) in [4.78, 5) is 19.7. The zero-order valence-corrected chi connectivity index (χ0v) is 12.9. The Bertz CT molecular complexity index is 661. The van der Waals surface area contributed by atoms with Gasteiger partial charge in [-0.25, -0.2) is 4.98 Å². The molecule has 20 heavy (non-hydrogen) atoms. The van der Waals surface area contributed by atoms with Crippen LogP contribution in [0.25, 0.3) is 11.3 Å². The molecule has 3 heteroatoms. The molecule has 0 amide bonds. The Hall–Kier alpha value is -1.90. The van der Waals surface area contributed by atoms with E-state index in [2.05, 4.69) is 29.0 Å². The molecule has 0 atom stereocenters. The van der Waals surface area contributed by atoms with Crippen LogP contribution >= 0.6 is 0 Å². The van der Waals surface area contributed by atoms with E-state index in [1.165, 1.54) is 5.56 Å². The lowest BCUT2D eigenvalue weighted by Gasteiger charge is -2.18. The van der Waals surface area contributed by atoms with Crippen LogP contribution in [0.4, 0.5) is 0 Å². The lowest BCUT2D eigenvalue weighted by Crippen LogP contribution is -2.24. The van der Waals surface area contributed by atoms with Crippen LogP contribution in [0.1, 0.15) is 44.6 Å². The van der Waals surface area contributed by atoms with E-state index in [0.29, 0.717) is 5.56 Å². The van der Waals surface area contributed by atoms with Crippen LogP contribution in [-0.4, -0.2) is 9.97 Å². The monoisotopic (exact) mass is 270 g/mol. The van der Waals surface area contributed by atoms with Gasteiger partial charge in [0, 0.05) is 16.5 Å².